The summed E-state index contributed by atoms with van der Waals surface area (Å²) >= 11 is 0. The molecule has 0 heterocycles. The lowest BCUT2D eigenvalue weighted by Crippen LogP contribution is -1.42. The third-order valence-corrected chi connectivity index (χ3v) is 0.224. The van der Waals surface area contributed by atoms with Crippen molar-refractivity contribution in [3.8, 4) is 0 Å². The summed E-state index contributed by atoms with van der Waals surface area (Å²) in [5.41, 5.74) is 0. The van der Waals surface area contributed by atoms with Crippen molar-refractivity contribution in [2.45, 2.75) is 0 Å². The van der Waals surface area contributed by atoms with Gasteiger partial charge in [0.25, 0.3) is 0 Å². The Bertz CT molecular complexity index is 46.2. The second-order valence-corrected chi connectivity index (χ2v) is 1.32. The predicted molar refractivity (Wildman–Crippen MR) is 28.1 cm³/mol. The van der Waals surface area contributed by atoms with Crippen molar-refractivity contribution in [1.29, 1.82) is 0 Å². The first-order valence-corrected chi connectivity index (χ1v) is 3.39. The number of rotatable bonds is 1. The fraction of sp³-hybridized carbons (Fsp3) is 1.00. The molecule has 0 aromatic carbocycles. The summed E-state index contributed by atoms with van der Waals surface area (Å²) in [5.74, 6) is 0. The highest BCUT2D eigenvalue weighted by Crippen LogP contribution is 1.83. The van der Waals surface area contributed by atoms with Gasteiger partial charge in [-0.1, -0.05) is 0 Å². The maximum atomic E-state index is 9.05. The van der Waals surface area contributed by atoms with Gasteiger partial charge in [-0.2, -0.15) is 0 Å². The molecule has 0 aromatic heterocycles. The van der Waals surface area contributed by atoms with Crippen LogP contribution in [0, 0.1) is 0 Å². The van der Waals surface area contributed by atoms with Crippen LogP contribution in [0.4, 0.5) is 0 Å². The predicted octanol–water partition coefficient (Wildman–Crippen LogP) is 1.75. The van der Waals surface area contributed by atoms with E-state index in [9.17, 15) is 0 Å². The van der Waals surface area contributed by atoms with Gasteiger partial charge in [-0.25, -0.2) is 4.57 Å². The van der Waals surface area contributed by atoms with Crippen LogP contribution >= 0.6 is 17.1 Å². The minimum Gasteiger partial charge on any atom is -0.298 e. The Labute approximate surface area is 45.5 Å². The highest BCUT2D eigenvalue weighted by molar-refractivity contribution is 7.22. The van der Waals surface area contributed by atoms with Crippen LogP contribution in [0.15, 0.2) is 0 Å². The maximum Gasteiger partial charge on any atom is 0.327 e. The van der Waals surface area contributed by atoms with E-state index in [1.807, 2.05) is 0 Å². The van der Waals surface area contributed by atoms with E-state index >= 15 is 0 Å². The standard InChI is InChI=1S/CH3O2P.CH3OP/c1-3-4-2;1-3-2/h1H3;1H3. The number of hydrogen-bond acceptors (Lipinski definition) is 3. The average Bonchev–Trinajstić information content (AvgIpc) is 1.69. The van der Waals surface area contributed by atoms with E-state index in [-0.39, 0.29) is 17.1 Å². The van der Waals surface area contributed by atoms with Crippen molar-refractivity contribution in [3.63, 3.8) is 0 Å². The van der Waals surface area contributed by atoms with E-state index in [2.05, 4.69) is 4.52 Å². The zero-order chi connectivity index (χ0) is 6.12. The van der Waals surface area contributed by atoms with Crippen molar-refractivity contribution in [2.75, 3.05) is 13.8 Å². The van der Waals surface area contributed by atoms with Crippen molar-refractivity contribution in [1.82, 2.24) is 0 Å². The SMILES string of the molecule is COP=O.CP=O. The molecule has 0 atom stereocenters. The van der Waals surface area contributed by atoms with Crippen molar-refractivity contribution >= 4 is 17.1 Å². The second kappa shape index (κ2) is 16.4. The molecule has 0 fully saturated rings. The van der Waals surface area contributed by atoms with Crippen LogP contribution in [-0.2, 0) is 13.7 Å². The van der Waals surface area contributed by atoms with Crippen LogP contribution in [-0.4, -0.2) is 13.8 Å². The summed E-state index contributed by atoms with van der Waals surface area (Å²) in [6.07, 6.45) is 0. The van der Waals surface area contributed by atoms with Gasteiger partial charge in [0.2, 0.25) is 0 Å². The van der Waals surface area contributed by atoms with Gasteiger partial charge in [-0.15, -0.1) is 0 Å². The molecular weight excluding hydrogens is 134 g/mol. The summed E-state index contributed by atoms with van der Waals surface area (Å²) in [5, 5.41) is 0. The summed E-state index contributed by atoms with van der Waals surface area (Å²) in [6, 6.07) is 0. The van der Waals surface area contributed by atoms with E-state index in [0.717, 1.165) is 0 Å². The Morgan fingerprint density at radius 2 is 1.57 bits per heavy atom. The smallest absolute Gasteiger partial charge is 0.298 e. The lowest BCUT2D eigenvalue weighted by molar-refractivity contribution is 0.433. The van der Waals surface area contributed by atoms with Crippen LogP contribution in [0.1, 0.15) is 0 Å². The molecule has 0 spiro atoms. The molecule has 0 saturated carbocycles. The summed E-state index contributed by atoms with van der Waals surface area (Å²) in [4.78, 5) is 0. The molecule has 5 heteroatoms. The molecule has 0 aliphatic heterocycles. The Morgan fingerprint density at radius 1 is 1.43 bits per heavy atom. The first-order valence-electron chi connectivity index (χ1n) is 1.40. The molecule has 0 aromatic rings. The van der Waals surface area contributed by atoms with Gasteiger partial charge in [-0.3, -0.25) is 9.09 Å². The van der Waals surface area contributed by atoms with E-state index in [1.54, 1.807) is 6.66 Å². The molecule has 0 unspecified atom stereocenters. The fourth-order valence-corrected chi connectivity index (χ4v) is 0. The molecule has 0 aliphatic rings. The maximum absolute atomic E-state index is 9.05. The van der Waals surface area contributed by atoms with Gasteiger partial charge in [-0.05, 0) is 0 Å². The third kappa shape index (κ3) is 79.2. The van der Waals surface area contributed by atoms with Crippen LogP contribution in [0.5, 0.6) is 0 Å². The lowest BCUT2D eigenvalue weighted by Gasteiger charge is -1.57. The Balaban J connectivity index is 0. The zero-order valence-electron chi connectivity index (χ0n) is 4.12. The van der Waals surface area contributed by atoms with Crippen molar-refractivity contribution in [2.24, 2.45) is 0 Å². The molecular formula is C2H6O3P2. The summed E-state index contributed by atoms with van der Waals surface area (Å²) in [6.45, 7) is 1.54. The van der Waals surface area contributed by atoms with E-state index < -0.39 is 0 Å². The first-order chi connectivity index (χ1) is 3.33. The molecule has 0 N–H and O–H groups in total. The van der Waals surface area contributed by atoms with Gasteiger partial charge >= 0.3 is 8.69 Å². The van der Waals surface area contributed by atoms with Crippen molar-refractivity contribution in [3.05, 3.63) is 0 Å². The van der Waals surface area contributed by atoms with Crippen molar-refractivity contribution < 1.29 is 13.7 Å². The monoisotopic (exact) mass is 140 g/mol. The normalized spacial score (nSPS) is 7.71. The van der Waals surface area contributed by atoms with Gasteiger partial charge in [0, 0.05) is 13.8 Å². The van der Waals surface area contributed by atoms with E-state index in [0.29, 0.717) is 0 Å². The Kier molecular flexibility index (Phi) is 23.9. The Hall–Kier alpha value is 0.160. The van der Waals surface area contributed by atoms with Crippen LogP contribution in [0.3, 0.4) is 0 Å². The quantitative estimate of drug-likeness (QED) is 0.521. The van der Waals surface area contributed by atoms with E-state index in [4.69, 9.17) is 9.13 Å². The summed E-state index contributed by atoms with van der Waals surface area (Å²) < 4.78 is 21.9. The minimum atomic E-state index is -0.252. The van der Waals surface area contributed by atoms with Crippen LogP contribution in [0.2, 0.25) is 0 Å². The molecule has 0 aliphatic carbocycles. The molecule has 0 rings (SSSR count). The Morgan fingerprint density at radius 3 is 1.57 bits per heavy atom. The molecule has 3 nitrogen and oxygen atoms in total. The topological polar surface area (TPSA) is 43.4 Å². The highest BCUT2D eigenvalue weighted by atomic mass is 31.1. The third-order valence-electron chi connectivity index (χ3n) is 0.0745. The summed E-state index contributed by atoms with van der Waals surface area (Å²) in [7, 11) is 1.27. The molecule has 7 heavy (non-hydrogen) atoms. The number of hydrogen-bond donors (Lipinski definition) is 0. The minimum absolute atomic E-state index is 0.167. The molecule has 0 saturated heterocycles. The largest absolute Gasteiger partial charge is 0.327 e. The highest BCUT2D eigenvalue weighted by Gasteiger charge is 1.51. The average molecular weight is 140 g/mol. The zero-order valence-corrected chi connectivity index (χ0v) is 5.91. The lowest BCUT2D eigenvalue weighted by atomic mass is 11.8. The molecule has 0 amide bonds. The van der Waals surface area contributed by atoms with Gasteiger partial charge in [0.1, 0.15) is 0 Å². The molecule has 0 radical (unpaired) electrons. The van der Waals surface area contributed by atoms with Gasteiger partial charge in [0.15, 0.2) is 8.46 Å². The second-order valence-electron chi connectivity index (χ2n) is 0.440. The van der Waals surface area contributed by atoms with Crippen LogP contribution in [0.25, 0.3) is 0 Å². The molecule has 0 bridgehead atoms. The fourth-order valence-electron chi connectivity index (χ4n) is 0. The van der Waals surface area contributed by atoms with Crippen LogP contribution < -0.4 is 0 Å². The van der Waals surface area contributed by atoms with E-state index in [1.165, 1.54) is 7.11 Å². The molecule has 42 valence electrons. The van der Waals surface area contributed by atoms with Gasteiger partial charge < -0.3 is 0 Å². The van der Waals surface area contributed by atoms with Gasteiger partial charge in [0.05, 0.1) is 0 Å². The first kappa shape index (κ1) is 10.2.